The van der Waals surface area contributed by atoms with Gasteiger partial charge in [0.1, 0.15) is 12.4 Å². The Morgan fingerprint density at radius 2 is 1.43 bits per heavy atom. The molecular formula is C20H24N2O6. The molecule has 0 heterocycles. The average molecular weight is 388 g/mol. The van der Waals surface area contributed by atoms with Crippen LogP contribution in [0.15, 0.2) is 42.5 Å². The van der Waals surface area contributed by atoms with Crippen LogP contribution in [0.25, 0.3) is 0 Å². The minimum absolute atomic E-state index is 0.316. The lowest BCUT2D eigenvalue weighted by molar-refractivity contribution is 0.0846. The van der Waals surface area contributed by atoms with Gasteiger partial charge < -0.3 is 18.9 Å². The molecule has 0 aliphatic rings. The van der Waals surface area contributed by atoms with E-state index in [1.165, 1.54) is 20.3 Å². The van der Waals surface area contributed by atoms with Crippen LogP contribution in [0.1, 0.15) is 27.6 Å². The molecule has 0 radical (unpaired) electrons. The molecule has 0 aliphatic carbocycles. The Bertz CT molecular complexity index is 792. The molecule has 28 heavy (non-hydrogen) atoms. The van der Waals surface area contributed by atoms with E-state index in [1.54, 1.807) is 36.4 Å². The molecule has 8 heteroatoms. The summed E-state index contributed by atoms with van der Waals surface area (Å²) in [6.07, 6.45) is 0. The Labute approximate surface area is 163 Å². The normalized spacial score (nSPS) is 10.1. The molecule has 8 nitrogen and oxygen atoms in total. The Morgan fingerprint density at radius 3 is 2.04 bits per heavy atom. The zero-order valence-corrected chi connectivity index (χ0v) is 16.1. The molecule has 0 fully saturated rings. The van der Waals surface area contributed by atoms with Gasteiger partial charge in [0.25, 0.3) is 11.8 Å². The van der Waals surface area contributed by atoms with Crippen LogP contribution in [0.3, 0.4) is 0 Å². The van der Waals surface area contributed by atoms with Gasteiger partial charge in [-0.05, 0) is 49.4 Å². The van der Waals surface area contributed by atoms with Crippen molar-refractivity contribution in [3.8, 4) is 17.2 Å². The second kappa shape index (κ2) is 10.8. The van der Waals surface area contributed by atoms with Gasteiger partial charge >= 0.3 is 0 Å². The van der Waals surface area contributed by atoms with Crippen LogP contribution in [-0.4, -0.2) is 45.9 Å². The van der Waals surface area contributed by atoms with Crippen molar-refractivity contribution in [3.63, 3.8) is 0 Å². The van der Waals surface area contributed by atoms with E-state index in [0.717, 1.165) is 0 Å². The molecule has 0 atom stereocenters. The van der Waals surface area contributed by atoms with E-state index in [-0.39, 0.29) is 0 Å². The molecule has 0 spiro atoms. The van der Waals surface area contributed by atoms with Gasteiger partial charge in [0.2, 0.25) is 0 Å². The van der Waals surface area contributed by atoms with Gasteiger partial charge in [-0.2, -0.15) is 0 Å². The van der Waals surface area contributed by atoms with Crippen molar-refractivity contribution < 1.29 is 28.5 Å². The summed E-state index contributed by atoms with van der Waals surface area (Å²) >= 11 is 0. The van der Waals surface area contributed by atoms with Crippen LogP contribution >= 0.6 is 0 Å². The lowest BCUT2D eigenvalue weighted by Crippen LogP contribution is -2.41. The fraction of sp³-hybridized carbons (Fsp3) is 0.300. The number of benzene rings is 2. The van der Waals surface area contributed by atoms with E-state index in [0.29, 0.717) is 48.2 Å². The molecule has 150 valence electrons. The van der Waals surface area contributed by atoms with Crippen LogP contribution in [0.2, 0.25) is 0 Å². The molecule has 0 aromatic heterocycles. The van der Waals surface area contributed by atoms with Gasteiger partial charge in [0, 0.05) is 17.7 Å². The second-order valence-electron chi connectivity index (χ2n) is 5.55. The third kappa shape index (κ3) is 5.88. The van der Waals surface area contributed by atoms with E-state index in [4.69, 9.17) is 18.9 Å². The number of carbonyl (C=O) groups is 2. The maximum Gasteiger partial charge on any atom is 0.269 e. The zero-order chi connectivity index (χ0) is 20.4. The summed E-state index contributed by atoms with van der Waals surface area (Å²) in [7, 11) is 2.98. The van der Waals surface area contributed by atoms with Gasteiger partial charge in [-0.25, -0.2) is 0 Å². The Kier molecular flexibility index (Phi) is 8.11. The Balaban J connectivity index is 1.88. The predicted octanol–water partition coefficient (Wildman–Crippen LogP) is 2.19. The highest BCUT2D eigenvalue weighted by Crippen LogP contribution is 2.27. The molecule has 2 aromatic carbocycles. The van der Waals surface area contributed by atoms with Crippen molar-refractivity contribution in [2.24, 2.45) is 0 Å². The van der Waals surface area contributed by atoms with E-state index < -0.39 is 11.8 Å². The van der Waals surface area contributed by atoms with E-state index in [1.807, 2.05) is 6.92 Å². The quantitative estimate of drug-likeness (QED) is 0.505. The van der Waals surface area contributed by atoms with Crippen molar-refractivity contribution in [2.45, 2.75) is 6.92 Å². The number of amides is 2. The molecule has 0 saturated heterocycles. The van der Waals surface area contributed by atoms with Crippen LogP contribution in [-0.2, 0) is 4.74 Å². The Hall–Kier alpha value is -3.26. The molecule has 2 N–H and O–H groups in total. The first kappa shape index (κ1) is 21.0. The van der Waals surface area contributed by atoms with Crippen LogP contribution in [0, 0.1) is 0 Å². The molecule has 2 aromatic rings. The largest absolute Gasteiger partial charge is 0.493 e. The lowest BCUT2D eigenvalue weighted by Gasteiger charge is -2.11. The monoisotopic (exact) mass is 388 g/mol. The third-order valence-corrected chi connectivity index (χ3v) is 3.75. The average Bonchev–Trinajstić information content (AvgIpc) is 2.74. The van der Waals surface area contributed by atoms with E-state index in [9.17, 15) is 9.59 Å². The Morgan fingerprint density at radius 1 is 0.821 bits per heavy atom. The number of nitrogens with one attached hydrogen (secondary N) is 2. The molecule has 0 bridgehead atoms. The highest BCUT2D eigenvalue weighted by Gasteiger charge is 2.12. The number of ether oxygens (including phenoxy) is 4. The molecule has 2 rings (SSSR count). The highest BCUT2D eigenvalue weighted by molar-refractivity contribution is 5.99. The number of hydrogen-bond acceptors (Lipinski definition) is 6. The van der Waals surface area contributed by atoms with Crippen molar-refractivity contribution in [3.05, 3.63) is 53.6 Å². The standard InChI is InChI=1S/C20H24N2O6/c1-4-27-11-12-28-16-8-5-14(6-9-16)19(23)21-22-20(24)15-7-10-17(25-2)18(13-15)26-3/h5-10,13H,4,11-12H2,1-3H3,(H,21,23)(H,22,24). The van der Waals surface area contributed by atoms with Gasteiger partial charge in [-0.3, -0.25) is 20.4 Å². The maximum absolute atomic E-state index is 12.2. The summed E-state index contributed by atoms with van der Waals surface area (Å²) in [6, 6.07) is 11.3. The topological polar surface area (TPSA) is 95.1 Å². The smallest absolute Gasteiger partial charge is 0.269 e. The molecule has 0 unspecified atom stereocenters. The molecule has 0 aliphatic heterocycles. The van der Waals surface area contributed by atoms with Gasteiger partial charge in [-0.1, -0.05) is 0 Å². The van der Waals surface area contributed by atoms with Gasteiger partial charge in [-0.15, -0.1) is 0 Å². The van der Waals surface area contributed by atoms with Crippen molar-refractivity contribution >= 4 is 11.8 Å². The van der Waals surface area contributed by atoms with Crippen molar-refractivity contribution in [1.29, 1.82) is 0 Å². The summed E-state index contributed by atoms with van der Waals surface area (Å²) in [5, 5.41) is 0. The van der Waals surface area contributed by atoms with Crippen molar-refractivity contribution in [2.75, 3.05) is 34.0 Å². The number of rotatable bonds is 9. The molecule has 2 amide bonds. The van der Waals surface area contributed by atoms with Gasteiger partial charge in [0.05, 0.1) is 20.8 Å². The first-order valence-corrected chi connectivity index (χ1v) is 8.72. The number of hydrogen-bond donors (Lipinski definition) is 2. The summed E-state index contributed by atoms with van der Waals surface area (Å²) in [5.74, 6) is 0.624. The maximum atomic E-state index is 12.2. The summed E-state index contributed by atoms with van der Waals surface area (Å²) in [4.78, 5) is 24.4. The van der Waals surface area contributed by atoms with Crippen LogP contribution < -0.4 is 25.1 Å². The fourth-order valence-electron chi connectivity index (χ4n) is 2.30. The van der Waals surface area contributed by atoms with Crippen LogP contribution in [0.5, 0.6) is 17.2 Å². The first-order valence-electron chi connectivity index (χ1n) is 8.72. The second-order valence-corrected chi connectivity index (χ2v) is 5.55. The minimum atomic E-state index is -0.481. The van der Waals surface area contributed by atoms with Gasteiger partial charge in [0.15, 0.2) is 11.5 Å². The number of carbonyl (C=O) groups excluding carboxylic acids is 2. The number of hydrazine groups is 1. The lowest BCUT2D eigenvalue weighted by atomic mass is 10.2. The first-order chi connectivity index (χ1) is 13.6. The molecule has 0 saturated carbocycles. The summed E-state index contributed by atoms with van der Waals surface area (Å²) < 4.78 is 21.0. The fourth-order valence-corrected chi connectivity index (χ4v) is 2.30. The van der Waals surface area contributed by atoms with E-state index in [2.05, 4.69) is 10.9 Å². The van der Waals surface area contributed by atoms with Crippen molar-refractivity contribution in [1.82, 2.24) is 10.9 Å². The molecular weight excluding hydrogens is 364 g/mol. The summed E-state index contributed by atoms with van der Waals surface area (Å²) in [6.45, 7) is 3.48. The zero-order valence-electron chi connectivity index (χ0n) is 16.1. The SMILES string of the molecule is CCOCCOc1ccc(C(=O)NNC(=O)c2ccc(OC)c(OC)c2)cc1. The van der Waals surface area contributed by atoms with Crippen LogP contribution in [0.4, 0.5) is 0 Å². The third-order valence-electron chi connectivity index (χ3n) is 3.75. The van der Waals surface area contributed by atoms with E-state index >= 15 is 0 Å². The predicted molar refractivity (Wildman–Crippen MR) is 103 cm³/mol. The number of methoxy groups -OCH3 is 2. The summed E-state index contributed by atoms with van der Waals surface area (Å²) in [5.41, 5.74) is 5.43. The minimum Gasteiger partial charge on any atom is -0.493 e. The highest BCUT2D eigenvalue weighted by atomic mass is 16.5.